The third kappa shape index (κ3) is 4.77. The minimum atomic E-state index is -0.264. The highest BCUT2D eigenvalue weighted by atomic mass is 79.9. The second-order valence-electron chi connectivity index (χ2n) is 5.50. The largest absolute Gasteiger partial charge is 0.493 e. The molecule has 0 heterocycles. The predicted molar refractivity (Wildman–Crippen MR) is 106 cm³/mol. The Morgan fingerprint density at radius 2 is 1.88 bits per heavy atom. The Kier molecular flexibility index (Phi) is 6.51. The average Bonchev–Trinajstić information content (AvgIpc) is 2.55. The lowest BCUT2D eigenvalue weighted by Gasteiger charge is -2.11. The number of anilines is 1. The number of ether oxygens (including phenoxy) is 2. The first kappa shape index (κ1) is 19.3. The Morgan fingerprint density at radius 1 is 1.16 bits per heavy atom. The lowest BCUT2D eigenvalue weighted by Crippen LogP contribution is -2.09. The first-order valence-corrected chi connectivity index (χ1v) is 8.70. The van der Waals surface area contributed by atoms with Gasteiger partial charge in [0, 0.05) is 6.08 Å². The van der Waals surface area contributed by atoms with Crippen LogP contribution in [0, 0.1) is 13.8 Å². The topological polar surface area (TPSA) is 47.6 Å². The minimum absolute atomic E-state index is 0.264. The molecule has 4 nitrogen and oxygen atoms in total. The number of carbonyl (C=O) groups is 1. The number of rotatable bonds is 5. The molecule has 0 bridgehead atoms. The van der Waals surface area contributed by atoms with Gasteiger partial charge in [0.15, 0.2) is 11.5 Å². The maximum atomic E-state index is 12.2. The zero-order valence-electron chi connectivity index (χ0n) is 14.4. The van der Waals surface area contributed by atoms with E-state index in [-0.39, 0.29) is 5.91 Å². The molecule has 0 saturated carbocycles. The van der Waals surface area contributed by atoms with Crippen molar-refractivity contribution in [3.05, 3.63) is 56.5 Å². The van der Waals surface area contributed by atoms with E-state index in [1.54, 1.807) is 26.4 Å². The molecule has 0 saturated heterocycles. The number of amides is 1. The second kappa shape index (κ2) is 8.41. The van der Waals surface area contributed by atoms with Crippen LogP contribution in [0.25, 0.3) is 6.08 Å². The summed E-state index contributed by atoms with van der Waals surface area (Å²) < 4.78 is 11.3. The number of halogens is 2. The van der Waals surface area contributed by atoms with Crippen molar-refractivity contribution >= 4 is 45.2 Å². The highest BCUT2D eigenvalue weighted by molar-refractivity contribution is 9.10. The van der Waals surface area contributed by atoms with Gasteiger partial charge in [0.1, 0.15) is 0 Å². The summed E-state index contributed by atoms with van der Waals surface area (Å²) in [6.45, 7) is 3.86. The second-order valence-corrected chi connectivity index (χ2v) is 6.76. The summed E-state index contributed by atoms with van der Waals surface area (Å²) in [7, 11) is 3.13. The fraction of sp³-hybridized carbons (Fsp3) is 0.211. The molecule has 0 aliphatic carbocycles. The molecule has 0 aromatic heterocycles. The number of methoxy groups -OCH3 is 2. The molecule has 1 amide bonds. The SMILES string of the molecule is COc1cc(/C=C/C(=O)Nc2c(C)cc(C)cc2Cl)cc(Br)c1OC. The molecule has 0 unspecified atom stereocenters. The van der Waals surface area contributed by atoms with Crippen LogP contribution in [0.15, 0.2) is 34.8 Å². The highest BCUT2D eigenvalue weighted by Gasteiger charge is 2.10. The molecule has 2 aromatic rings. The molecular weight excluding hydrogens is 406 g/mol. The van der Waals surface area contributed by atoms with Crippen LogP contribution in [0.1, 0.15) is 16.7 Å². The van der Waals surface area contributed by atoms with Gasteiger partial charge in [0.05, 0.1) is 29.4 Å². The predicted octanol–water partition coefficient (Wildman–Crippen LogP) is 5.39. The van der Waals surface area contributed by atoms with E-state index in [1.165, 1.54) is 6.08 Å². The standard InChI is InChI=1S/C19H19BrClNO3/c1-11-7-12(2)18(15(21)8-11)22-17(23)6-5-13-9-14(20)19(25-4)16(10-13)24-3/h5-10H,1-4H3,(H,22,23)/b6-5+. The summed E-state index contributed by atoms with van der Waals surface area (Å²) in [6, 6.07) is 7.42. The molecule has 0 aliphatic rings. The van der Waals surface area contributed by atoms with Gasteiger partial charge in [0.2, 0.25) is 5.91 Å². The van der Waals surface area contributed by atoms with E-state index in [4.69, 9.17) is 21.1 Å². The first-order valence-electron chi connectivity index (χ1n) is 7.53. The minimum Gasteiger partial charge on any atom is -0.493 e. The zero-order chi connectivity index (χ0) is 18.6. The fourth-order valence-corrected chi connectivity index (χ4v) is 3.43. The molecule has 0 fully saturated rings. The first-order chi connectivity index (χ1) is 11.8. The van der Waals surface area contributed by atoms with Gasteiger partial charge >= 0.3 is 0 Å². The third-order valence-corrected chi connectivity index (χ3v) is 4.45. The molecule has 132 valence electrons. The Bertz CT molecular complexity index is 811. The van der Waals surface area contributed by atoms with Crippen LogP contribution in [0.5, 0.6) is 11.5 Å². The monoisotopic (exact) mass is 423 g/mol. The Morgan fingerprint density at radius 3 is 2.48 bits per heavy atom. The molecule has 0 atom stereocenters. The normalized spacial score (nSPS) is 10.8. The lowest BCUT2D eigenvalue weighted by atomic mass is 10.1. The Labute approximate surface area is 160 Å². The van der Waals surface area contributed by atoms with E-state index in [9.17, 15) is 4.79 Å². The van der Waals surface area contributed by atoms with Crippen LogP contribution in [0.4, 0.5) is 5.69 Å². The number of carbonyl (C=O) groups excluding carboxylic acids is 1. The number of aryl methyl sites for hydroxylation is 2. The van der Waals surface area contributed by atoms with Crippen LogP contribution >= 0.6 is 27.5 Å². The van der Waals surface area contributed by atoms with Crippen molar-refractivity contribution < 1.29 is 14.3 Å². The fourth-order valence-electron chi connectivity index (χ4n) is 2.44. The van der Waals surface area contributed by atoms with E-state index in [2.05, 4.69) is 21.2 Å². The molecule has 0 aliphatic heterocycles. The van der Waals surface area contributed by atoms with Crippen LogP contribution in [0.2, 0.25) is 5.02 Å². The molecular formula is C19H19BrClNO3. The maximum absolute atomic E-state index is 12.2. The number of hydrogen-bond acceptors (Lipinski definition) is 3. The van der Waals surface area contributed by atoms with Gasteiger partial charge in [-0.25, -0.2) is 0 Å². The van der Waals surface area contributed by atoms with Crippen molar-refractivity contribution in [3.63, 3.8) is 0 Å². The van der Waals surface area contributed by atoms with Gasteiger partial charge in [-0.15, -0.1) is 0 Å². The molecule has 25 heavy (non-hydrogen) atoms. The molecule has 6 heteroatoms. The van der Waals surface area contributed by atoms with Gasteiger partial charge in [-0.2, -0.15) is 0 Å². The number of hydrogen-bond donors (Lipinski definition) is 1. The zero-order valence-corrected chi connectivity index (χ0v) is 16.8. The molecule has 2 rings (SSSR count). The number of benzene rings is 2. The maximum Gasteiger partial charge on any atom is 0.248 e. The summed E-state index contributed by atoms with van der Waals surface area (Å²) in [4.78, 5) is 12.2. The van der Waals surface area contributed by atoms with Crippen LogP contribution < -0.4 is 14.8 Å². The summed E-state index contributed by atoms with van der Waals surface area (Å²) in [5, 5.41) is 3.34. The van der Waals surface area contributed by atoms with Gasteiger partial charge in [-0.05, 0) is 70.7 Å². The van der Waals surface area contributed by atoms with Crippen molar-refractivity contribution in [1.29, 1.82) is 0 Å². The summed E-state index contributed by atoms with van der Waals surface area (Å²) in [5.74, 6) is 0.917. The van der Waals surface area contributed by atoms with E-state index in [1.807, 2.05) is 32.0 Å². The van der Waals surface area contributed by atoms with Gasteiger partial charge in [-0.3, -0.25) is 4.79 Å². The van der Waals surface area contributed by atoms with Crippen LogP contribution in [-0.4, -0.2) is 20.1 Å². The van der Waals surface area contributed by atoms with E-state index in [0.29, 0.717) is 22.2 Å². The average molecular weight is 425 g/mol. The van der Waals surface area contributed by atoms with Crippen LogP contribution in [-0.2, 0) is 4.79 Å². The van der Waals surface area contributed by atoms with Gasteiger partial charge < -0.3 is 14.8 Å². The molecule has 0 spiro atoms. The third-order valence-electron chi connectivity index (χ3n) is 3.56. The van der Waals surface area contributed by atoms with E-state index >= 15 is 0 Å². The lowest BCUT2D eigenvalue weighted by molar-refractivity contribution is -0.111. The molecule has 0 radical (unpaired) electrons. The summed E-state index contributed by atoms with van der Waals surface area (Å²) in [6.07, 6.45) is 3.14. The number of nitrogens with one attached hydrogen (secondary N) is 1. The quantitative estimate of drug-likeness (QED) is 0.655. The van der Waals surface area contributed by atoms with Crippen molar-refractivity contribution in [3.8, 4) is 11.5 Å². The van der Waals surface area contributed by atoms with E-state index in [0.717, 1.165) is 21.2 Å². The smallest absolute Gasteiger partial charge is 0.248 e. The highest BCUT2D eigenvalue weighted by Crippen LogP contribution is 2.36. The van der Waals surface area contributed by atoms with E-state index < -0.39 is 0 Å². The molecule has 1 N–H and O–H groups in total. The van der Waals surface area contributed by atoms with Gasteiger partial charge in [-0.1, -0.05) is 17.7 Å². The van der Waals surface area contributed by atoms with Crippen molar-refractivity contribution in [2.24, 2.45) is 0 Å². The van der Waals surface area contributed by atoms with Crippen molar-refractivity contribution in [2.45, 2.75) is 13.8 Å². The van der Waals surface area contributed by atoms with Crippen molar-refractivity contribution in [1.82, 2.24) is 0 Å². The Hall–Kier alpha value is -1.98. The Balaban J connectivity index is 2.20. The molecule has 2 aromatic carbocycles. The summed E-state index contributed by atoms with van der Waals surface area (Å²) >= 11 is 9.64. The summed E-state index contributed by atoms with van der Waals surface area (Å²) in [5.41, 5.74) is 3.38. The van der Waals surface area contributed by atoms with Gasteiger partial charge in [0.25, 0.3) is 0 Å². The van der Waals surface area contributed by atoms with Crippen molar-refractivity contribution in [2.75, 3.05) is 19.5 Å². The van der Waals surface area contributed by atoms with Crippen LogP contribution in [0.3, 0.4) is 0 Å².